The molecular weight excluding hydrogens is 328 g/mol. The number of hydrogen-bond acceptors (Lipinski definition) is 2. The fraction of sp³-hybridized carbons (Fsp3) is 0.900. The van der Waals surface area contributed by atoms with Crippen LogP contribution in [0.2, 0.25) is 0 Å². The summed E-state index contributed by atoms with van der Waals surface area (Å²) in [4.78, 5) is 24.4. The molecule has 1 fully saturated rings. The van der Waals surface area contributed by atoms with E-state index < -0.39 is 0 Å². The van der Waals surface area contributed by atoms with E-state index in [4.69, 9.17) is 0 Å². The van der Waals surface area contributed by atoms with Crippen LogP contribution in [0.1, 0.15) is 81.6 Å². The predicted molar refractivity (Wildman–Crippen MR) is 107 cm³/mol. The maximum absolute atomic E-state index is 12.3. The van der Waals surface area contributed by atoms with Gasteiger partial charge in [-0.15, -0.1) is 0 Å². The Labute approximate surface area is 159 Å². The highest BCUT2D eigenvalue weighted by molar-refractivity contribution is 5.75. The Morgan fingerprint density at radius 2 is 1.38 bits per heavy atom. The normalized spacial score (nSPS) is 26.0. The largest absolute Gasteiger partial charge is 0.338 e. The first-order valence-electron chi connectivity index (χ1n) is 9.63. The van der Waals surface area contributed by atoms with Gasteiger partial charge in [-0.1, -0.05) is 20.8 Å². The molecule has 2 unspecified atom stereocenters. The Hall–Kier alpha value is -1.46. The van der Waals surface area contributed by atoms with Crippen molar-refractivity contribution in [1.29, 1.82) is 0 Å². The third-order valence-corrected chi connectivity index (χ3v) is 4.43. The molecule has 0 aromatic carbocycles. The smallest absolute Gasteiger partial charge is 0.315 e. The summed E-state index contributed by atoms with van der Waals surface area (Å²) in [5, 5.41) is 12.1. The molecule has 1 aliphatic carbocycles. The maximum Gasteiger partial charge on any atom is 0.315 e. The van der Waals surface area contributed by atoms with E-state index in [-0.39, 0.29) is 40.0 Å². The Morgan fingerprint density at radius 3 is 1.88 bits per heavy atom. The first-order valence-corrected chi connectivity index (χ1v) is 9.63. The molecule has 4 N–H and O–H groups in total. The van der Waals surface area contributed by atoms with E-state index in [1.165, 1.54) is 0 Å². The van der Waals surface area contributed by atoms with Gasteiger partial charge in [0.2, 0.25) is 0 Å². The van der Waals surface area contributed by atoms with E-state index in [2.05, 4.69) is 42.0 Å². The monoisotopic (exact) mass is 368 g/mol. The highest BCUT2D eigenvalue weighted by Gasteiger charge is 2.42. The van der Waals surface area contributed by atoms with Crippen LogP contribution >= 0.6 is 0 Å². The van der Waals surface area contributed by atoms with Crippen molar-refractivity contribution in [2.75, 3.05) is 6.54 Å². The van der Waals surface area contributed by atoms with Gasteiger partial charge in [-0.3, -0.25) is 0 Å². The summed E-state index contributed by atoms with van der Waals surface area (Å²) in [7, 11) is 0. The SMILES string of the molecule is CC1(C)CC(NC(=O)NC(C)(C)C)CC(C)(CNC(=O)NC(C)(C)C)C1. The van der Waals surface area contributed by atoms with Crippen LogP contribution in [0.3, 0.4) is 0 Å². The van der Waals surface area contributed by atoms with Crippen molar-refractivity contribution in [2.45, 2.75) is 98.7 Å². The zero-order chi connectivity index (χ0) is 20.4. The van der Waals surface area contributed by atoms with E-state index in [0.717, 1.165) is 19.3 Å². The first-order chi connectivity index (χ1) is 11.5. The van der Waals surface area contributed by atoms with Crippen molar-refractivity contribution in [3.05, 3.63) is 0 Å². The lowest BCUT2D eigenvalue weighted by Gasteiger charge is -2.47. The topological polar surface area (TPSA) is 82.3 Å². The van der Waals surface area contributed by atoms with Crippen molar-refractivity contribution in [3.63, 3.8) is 0 Å². The second-order valence-corrected chi connectivity index (χ2v) is 11.2. The van der Waals surface area contributed by atoms with Gasteiger partial charge in [-0.25, -0.2) is 9.59 Å². The minimum absolute atomic E-state index is 0.0589. The Kier molecular flexibility index (Phi) is 6.64. The van der Waals surface area contributed by atoms with Crippen molar-refractivity contribution in [3.8, 4) is 0 Å². The van der Waals surface area contributed by atoms with Crippen LogP contribution in [0.25, 0.3) is 0 Å². The predicted octanol–water partition coefficient (Wildman–Crippen LogP) is 3.77. The second-order valence-electron chi connectivity index (χ2n) is 11.2. The molecule has 0 aromatic rings. The molecule has 0 saturated heterocycles. The van der Waals surface area contributed by atoms with Crippen LogP contribution in [-0.2, 0) is 0 Å². The molecule has 0 aromatic heterocycles. The number of rotatable bonds is 3. The molecule has 0 radical (unpaired) electrons. The number of carbonyl (C=O) groups excluding carboxylic acids is 2. The average Bonchev–Trinajstić information content (AvgIpc) is 2.29. The number of urea groups is 2. The van der Waals surface area contributed by atoms with E-state index in [9.17, 15) is 9.59 Å². The van der Waals surface area contributed by atoms with Gasteiger partial charge < -0.3 is 21.3 Å². The first kappa shape index (κ1) is 22.6. The fourth-order valence-corrected chi connectivity index (χ4v) is 4.11. The van der Waals surface area contributed by atoms with Gasteiger partial charge >= 0.3 is 12.1 Å². The van der Waals surface area contributed by atoms with Crippen LogP contribution in [-0.4, -0.2) is 35.7 Å². The van der Waals surface area contributed by atoms with Gasteiger partial charge in [0.1, 0.15) is 0 Å². The van der Waals surface area contributed by atoms with Crippen LogP contribution in [0.15, 0.2) is 0 Å². The highest BCUT2D eigenvalue weighted by atomic mass is 16.2. The molecule has 1 aliphatic rings. The number of nitrogens with one attached hydrogen (secondary N) is 4. The zero-order valence-corrected chi connectivity index (χ0v) is 18.2. The molecular formula is C20H40N4O2. The maximum atomic E-state index is 12.3. The second kappa shape index (κ2) is 7.65. The molecule has 26 heavy (non-hydrogen) atoms. The van der Waals surface area contributed by atoms with Gasteiger partial charge in [0, 0.05) is 23.7 Å². The summed E-state index contributed by atoms with van der Waals surface area (Å²) < 4.78 is 0. The molecule has 1 rings (SSSR count). The summed E-state index contributed by atoms with van der Waals surface area (Å²) >= 11 is 0. The lowest BCUT2D eigenvalue weighted by molar-refractivity contribution is 0.0743. The third-order valence-electron chi connectivity index (χ3n) is 4.43. The summed E-state index contributed by atoms with van der Waals surface area (Å²) in [6, 6.07) is -0.170. The lowest BCUT2D eigenvalue weighted by atomic mass is 9.62. The molecule has 6 heteroatoms. The molecule has 6 nitrogen and oxygen atoms in total. The molecule has 0 spiro atoms. The minimum atomic E-state index is -0.260. The summed E-state index contributed by atoms with van der Waals surface area (Å²) in [5.74, 6) is 0. The van der Waals surface area contributed by atoms with Crippen LogP contribution < -0.4 is 21.3 Å². The summed E-state index contributed by atoms with van der Waals surface area (Å²) in [5.41, 5.74) is -0.471. The Morgan fingerprint density at radius 1 is 0.885 bits per heavy atom. The van der Waals surface area contributed by atoms with Gasteiger partial charge in [0.25, 0.3) is 0 Å². The van der Waals surface area contributed by atoms with E-state index in [0.29, 0.717) is 6.54 Å². The molecule has 2 atom stereocenters. The Bertz CT molecular complexity index is 517. The van der Waals surface area contributed by atoms with Gasteiger partial charge in [0.05, 0.1) is 0 Å². The number of amides is 4. The van der Waals surface area contributed by atoms with Gasteiger partial charge in [-0.05, 0) is 71.6 Å². The number of hydrogen-bond donors (Lipinski definition) is 4. The summed E-state index contributed by atoms with van der Waals surface area (Å²) in [6.45, 7) is 19.1. The molecule has 1 saturated carbocycles. The molecule has 152 valence electrons. The van der Waals surface area contributed by atoms with Gasteiger partial charge in [-0.2, -0.15) is 0 Å². The van der Waals surface area contributed by atoms with E-state index in [1.807, 2.05) is 41.5 Å². The van der Waals surface area contributed by atoms with Crippen molar-refractivity contribution < 1.29 is 9.59 Å². The minimum Gasteiger partial charge on any atom is -0.338 e. The Balaban J connectivity index is 2.70. The van der Waals surface area contributed by atoms with Crippen molar-refractivity contribution in [1.82, 2.24) is 21.3 Å². The third kappa shape index (κ3) is 8.77. The molecule has 0 heterocycles. The fourth-order valence-electron chi connectivity index (χ4n) is 4.11. The zero-order valence-electron chi connectivity index (χ0n) is 18.2. The molecule has 4 amide bonds. The highest BCUT2D eigenvalue weighted by Crippen LogP contribution is 2.45. The van der Waals surface area contributed by atoms with Crippen LogP contribution in [0.4, 0.5) is 9.59 Å². The molecule has 0 aliphatic heterocycles. The van der Waals surface area contributed by atoms with Crippen LogP contribution in [0, 0.1) is 10.8 Å². The quantitative estimate of drug-likeness (QED) is 0.611. The standard InChI is InChI=1S/C20H40N4O2/c1-17(2,3)23-15(25)21-13-20(9)11-14(10-19(7,8)12-20)22-16(26)24-18(4,5)6/h14H,10-13H2,1-9H3,(H2,21,23,25)(H2,22,24,26). The van der Waals surface area contributed by atoms with Gasteiger partial charge in [0.15, 0.2) is 0 Å². The van der Waals surface area contributed by atoms with Crippen molar-refractivity contribution in [2.24, 2.45) is 10.8 Å². The number of carbonyl (C=O) groups is 2. The average molecular weight is 369 g/mol. The lowest BCUT2D eigenvalue weighted by Crippen LogP contribution is -2.55. The van der Waals surface area contributed by atoms with Crippen molar-refractivity contribution >= 4 is 12.1 Å². The molecule has 0 bridgehead atoms. The summed E-state index contributed by atoms with van der Waals surface area (Å²) in [6.07, 6.45) is 2.80. The van der Waals surface area contributed by atoms with E-state index >= 15 is 0 Å². The van der Waals surface area contributed by atoms with E-state index in [1.54, 1.807) is 0 Å². The van der Waals surface area contributed by atoms with Crippen LogP contribution in [0.5, 0.6) is 0 Å².